The van der Waals surface area contributed by atoms with Crippen LogP contribution in [0.3, 0.4) is 0 Å². The Labute approximate surface area is 126 Å². The number of rotatable bonds is 5. The van der Waals surface area contributed by atoms with Crippen LogP contribution < -0.4 is 10.6 Å². The van der Waals surface area contributed by atoms with Gasteiger partial charge in [0.25, 0.3) is 0 Å². The summed E-state index contributed by atoms with van der Waals surface area (Å²) in [5.41, 5.74) is 2.10. The zero-order valence-corrected chi connectivity index (χ0v) is 12.8. The van der Waals surface area contributed by atoms with Gasteiger partial charge in [-0.2, -0.15) is 9.61 Å². The molecule has 0 aliphatic heterocycles. The molecule has 2 aromatic heterocycles. The molecule has 21 heavy (non-hydrogen) atoms. The Bertz CT molecular complexity index is 569. The Morgan fingerprint density at radius 1 is 1.14 bits per heavy atom. The molecule has 0 saturated heterocycles. The average molecular weight is 287 g/mol. The molecule has 0 amide bonds. The summed E-state index contributed by atoms with van der Waals surface area (Å²) in [7, 11) is 0. The summed E-state index contributed by atoms with van der Waals surface area (Å²) in [6, 6.07) is 4.87. The summed E-state index contributed by atoms with van der Waals surface area (Å²) < 4.78 is 1.86. The minimum atomic E-state index is 0.707. The second-order valence-corrected chi connectivity index (χ2v) is 6.02. The third kappa shape index (κ3) is 3.73. The van der Waals surface area contributed by atoms with Crippen molar-refractivity contribution in [3.05, 3.63) is 24.0 Å². The van der Waals surface area contributed by atoms with Gasteiger partial charge in [-0.25, -0.2) is 4.98 Å². The largest absolute Gasteiger partial charge is 0.369 e. The first-order valence-corrected chi connectivity index (χ1v) is 8.10. The Morgan fingerprint density at radius 3 is 2.76 bits per heavy atom. The molecule has 0 aromatic carbocycles. The first-order chi connectivity index (χ1) is 10.3. The van der Waals surface area contributed by atoms with E-state index in [0.29, 0.717) is 6.04 Å². The van der Waals surface area contributed by atoms with Crippen LogP contribution in [-0.2, 0) is 0 Å². The van der Waals surface area contributed by atoms with Crippen molar-refractivity contribution in [2.24, 2.45) is 0 Å². The third-order valence-electron chi connectivity index (χ3n) is 4.24. The summed E-state index contributed by atoms with van der Waals surface area (Å²) in [4.78, 5) is 4.25. The van der Waals surface area contributed by atoms with E-state index in [4.69, 9.17) is 0 Å². The molecule has 2 heterocycles. The highest BCUT2D eigenvalue weighted by Gasteiger charge is 2.11. The highest BCUT2D eigenvalue weighted by atomic mass is 15.3. The first-order valence-electron chi connectivity index (χ1n) is 8.10. The molecule has 0 spiro atoms. The minimum Gasteiger partial charge on any atom is -0.369 e. The van der Waals surface area contributed by atoms with Gasteiger partial charge in [0, 0.05) is 19.1 Å². The quantitative estimate of drug-likeness (QED) is 0.656. The summed E-state index contributed by atoms with van der Waals surface area (Å²) in [5, 5.41) is 11.4. The van der Waals surface area contributed by atoms with Crippen molar-refractivity contribution in [3.63, 3.8) is 0 Å². The van der Waals surface area contributed by atoms with Crippen molar-refractivity contribution in [2.45, 2.75) is 51.5 Å². The number of pyridine rings is 1. The molecule has 2 aromatic rings. The van der Waals surface area contributed by atoms with E-state index < -0.39 is 0 Å². The van der Waals surface area contributed by atoms with Crippen LogP contribution in [0.1, 0.15) is 44.1 Å². The van der Waals surface area contributed by atoms with Crippen molar-refractivity contribution in [2.75, 3.05) is 18.4 Å². The van der Waals surface area contributed by atoms with Crippen LogP contribution >= 0.6 is 0 Å². The fraction of sp³-hybridized carbons (Fsp3) is 0.625. The molecule has 0 unspecified atom stereocenters. The van der Waals surface area contributed by atoms with E-state index in [1.54, 1.807) is 6.33 Å². The van der Waals surface area contributed by atoms with Crippen LogP contribution in [-0.4, -0.2) is 33.7 Å². The predicted molar refractivity (Wildman–Crippen MR) is 85.7 cm³/mol. The maximum atomic E-state index is 4.26. The monoisotopic (exact) mass is 287 g/mol. The summed E-state index contributed by atoms with van der Waals surface area (Å²) in [6.07, 6.45) is 9.83. The van der Waals surface area contributed by atoms with Crippen molar-refractivity contribution < 1.29 is 0 Å². The van der Waals surface area contributed by atoms with Crippen molar-refractivity contribution in [1.82, 2.24) is 19.9 Å². The Balaban J connectivity index is 1.51. The molecule has 3 rings (SSSR count). The van der Waals surface area contributed by atoms with Gasteiger partial charge in [0.2, 0.25) is 0 Å². The molecule has 2 N–H and O–H groups in total. The lowest BCUT2D eigenvalue weighted by Gasteiger charge is -2.16. The van der Waals surface area contributed by atoms with Crippen LogP contribution in [0.2, 0.25) is 0 Å². The Morgan fingerprint density at radius 2 is 1.95 bits per heavy atom. The maximum Gasteiger partial charge on any atom is 0.157 e. The van der Waals surface area contributed by atoms with Crippen molar-refractivity contribution in [1.29, 1.82) is 0 Å². The van der Waals surface area contributed by atoms with E-state index in [1.165, 1.54) is 44.1 Å². The van der Waals surface area contributed by atoms with Gasteiger partial charge in [0.1, 0.15) is 12.1 Å². The van der Waals surface area contributed by atoms with Crippen LogP contribution in [0.15, 0.2) is 18.5 Å². The maximum absolute atomic E-state index is 4.26. The lowest BCUT2D eigenvalue weighted by atomic mass is 10.1. The number of aryl methyl sites for hydroxylation is 1. The number of aromatic nitrogens is 3. The van der Waals surface area contributed by atoms with E-state index >= 15 is 0 Å². The highest BCUT2D eigenvalue weighted by Crippen LogP contribution is 2.17. The lowest BCUT2D eigenvalue weighted by Crippen LogP contribution is -2.32. The zero-order chi connectivity index (χ0) is 14.5. The number of fused-ring (bicyclic) bond motifs is 1. The molecule has 1 fully saturated rings. The number of hydrogen-bond acceptors (Lipinski definition) is 4. The summed E-state index contributed by atoms with van der Waals surface area (Å²) in [5.74, 6) is 1.02. The Hall–Kier alpha value is -1.62. The fourth-order valence-corrected chi connectivity index (χ4v) is 3.13. The highest BCUT2D eigenvalue weighted by molar-refractivity contribution is 5.51. The van der Waals surface area contributed by atoms with Gasteiger partial charge in [-0.05, 0) is 37.5 Å². The molecular weight excluding hydrogens is 262 g/mol. The number of anilines is 1. The van der Waals surface area contributed by atoms with Crippen LogP contribution in [0.4, 0.5) is 5.82 Å². The zero-order valence-electron chi connectivity index (χ0n) is 12.8. The SMILES string of the molecule is Cc1cc(NCCNC2CCCCCC2)n2ncnc2c1. The second kappa shape index (κ2) is 6.89. The number of hydrogen-bond donors (Lipinski definition) is 2. The normalized spacial score (nSPS) is 17.0. The summed E-state index contributed by atoms with van der Waals surface area (Å²) in [6.45, 7) is 3.99. The van der Waals surface area contributed by atoms with Gasteiger partial charge in [0.15, 0.2) is 5.65 Å². The third-order valence-corrected chi connectivity index (χ3v) is 4.24. The molecule has 0 bridgehead atoms. The van der Waals surface area contributed by atoms with Gasteiger partial charge in [-0.15, -0.1) is 0 Å². The topological polar surface area (TPSA) is 54.2 Å². The standard InChI is InChI=1S/C16H25N5/c1-13-10-15(21-16(11-13)19-12-20-21)18-9-8-17-14-6-4-2-3-5-7-14/h10-12,14,17-18H,2-9H2,1H3. The average Bonchev–Trinajstić information content (AvgIpc) is 2.79. The van der Waals surface area contributed by atoms with Gasteiger partial charge < -0.3 is 10.6 Å². The van der Waals surface area contributed by atoms with E-state index in [1.807, 2.05) is 10.6 Å². The van der Waals surface area contributed by atoms with Crippen LogP contribution in [0.25, 0.3) is 5.65 Å². The molecule has 5 nitrogen and oxygen atoms in total. The Kier molecular flexibility index (Phi) is 4.70. The van der Waals surface area contributed by atoms with Gasteiger partial charge in [-0.1, -0.05) is 25.7 Å². The van der Waals surface area contributed by atoms with Gasteiger partial charge in [-0.3, -0.25) is 0 Å². The van der Waals surface area contributed by atoms with Crippen LogP contribution in [0, 0.1) is 6.92 Å². The van der Waals surface area contributed by atoms with E-state index in [9.17, 15) is 0 Å². The molecule has 114 valence electrons. The molecule has 5 heteroatoms. The van der Waals surface area contributed by atoms with E-state index in [0.717, 1.165) is 24.6 Å². The van der Waals surface area contributed by atoms with E-state index in [2.05, 4.69) is 33.7 Å². The van der Waals surface area contributed by atoms with Crippen molar-refractivity contribution in [3.8, 4) is 0 Å². The van der Waals surface area contributed by atoms with Crippen molar-refractivity contribution >= 4 is 11.5 Å². The smallest absolute Gasteiger partial charge is 0.157 e. The molecule has 0 radical (unpaired) electrons. The molecule has 1 aliphatic carbocycles. The van der Waals surface area contributed by atoms with Gasteiger partial charge in [0.05, 0.1) is 0 Å². The molecule has 0 atom stereocenters. The minimum absolute atomic E-state index is 0.707. The van der Waals surface area contributed by atoms with Crippen LogP contribution in [0.5, 0.6) is 0 Å². The summed E-state index contributed by atoms with van der Waals surface area (Å²) >= 11 is 0. The second-order valence-electron chi connectivity index (χ2n) is 6.02. The molecule has 1 saturated carbocycles. The van der Waals surface area contributed by atoms with E-state index in [-0.39, 0.29) is 0 Å². The predicted octanol–water partition coefficient (Wildman–Crippen LogP) is 2.76. The number of nitrogens with zero attached hydrogens (tertiary/aromatic N) is 3. The lowest BCUT2D eigenvalue weighted by molar-refractivity contribution is 0.468. The first kappa shape index (κ1) is 14.3. The fourth-order valence-electron chi connectivity index (χ4n) is 3.13. The van der Waals surface area contributed by atoms with Gasteiger partial charge >= 0.3 is 0 Å². The molecular formula is C16H25N5. The number of nitrogens with one attached hydrogen (secondary N) is 2. The molecule has 1 aliphatic rings.